The third kappa shape index (κ3) is 3.76. The molecule has 1 N–H and O–H groups in total. The largest absolute Gasteiger partial charge is 0.390 e. The smallest absolute Gasteiger partial charge is 0.0822 e. The molecule has 2 heterocycles. The fourth-order valence-corrected chi connectivity index (χ4v) is 3.53. The first-order valence-corrected chi connectivity index (χ1v) is 8.07. The molecule has 0 aliphatic carbocycles. The Balaban J connectivity index is 1.56. The van der Waals surface area contributed by atoms with Crippen molar-refractivity contribution in [2.75, 3.05) is 39.4 Å². The highest BCUT2D eigenvalue weighted by molar-refractivity contribution is 6.31. The number of rotatable bonds is 3. The van der Waals surface area contributed by atoms with Crippen molar-refractivity contribution in [3.05, 3.63) is 34.9 Å². The van der Waals surface area contributed by atoms with Crippen LogP contribution in [0.15, 0.2) is 24.3 Å². The molecular weight excluding hydrogens is 288 g/mol. The predicted octanol–water partition coefficient (Wildman–Crippen LogP) is 1.61. The lowest BCUT2D eigenvalue weighted by Crippen LogP contribution is -2.56. The van der Waals surface area contributed by atoms with E-state index in [-0.39, 0.29) is 12.1 Å². The average molecular weight is 311 g/mol. The van der Waals surface area contributed by atoms with E-state index in [9.17, 15) is 5.11 Å². The highest BCUT2D eigenvalue weighted by atomic mass is 35.5. The van der Waals surface area contributed by atoms with E-state index in [2.05, 4.69) is 15.9 Å². The molecule has 0 aromatic heterocycles. The van der Waals surface area contributed by atoms with Crippen molar-refractivity contribution in [3.63, 3.8) is 0 Å². The van der Waals surface area contributed by atoms with E-state index in [1.165, 1.54) is 0 Å². The van der Waals surface area contributed by atoms with Gasteiger partial charge in [0.2, 0.25) is 0 Å². The van der Waals surface area contributed by atoms with Gasteiger partial charge in [0.1, 0.15) is 0 Å². The Morgan fingerprint density at radius 1 is 1.19 bits per heavy atom. The minimum Gasteiger partial charge on any atom is -0.390 e. The van der Waals surface area contributed by atoms with E-state index in [0.717, 1.165) is 56.4 Å². The number of aliphatic hydroxyl groups excluding tert-OH is 1. The van der Waals surface area contributed by atoms with Gasteiger partial charge >= 0.3 is 0 Å². The number of nitrogens with zero attached hydrogens (tertiary/aromatic N) is 2. The number of likely N-dealkylation sites (tertiary alicyclic amines) is 1. The van der Waals surface area contributed by atoms with Crippen LogP contribution in [-0.4, -0.2) is 66.4 Å². The molecular formula is C16H23ClN2O2. The van der Waals surface area contributed by atoms with Crippen LogP contribution in [0.2, 0.25) is 5.02 Å². The molecule has 0 amide bonds. The zero-order chi connectivity index (χ0) is 14.7. The van der Waals surface area contributed by atoms with E-state index in [1.807, 2.05) is 18.2 Å². The molecule has 2 atom stereocenters. The summed E-state index contributed by atoms with van der Waals surface area (Å²) in [7, 11) is 0. The highest BCUT2D eigenvalue weighted by Crippen LogP contribution is 2.22. The summed E-state index contributed by atoms with van der Waals surface area (Å²) in [6.45, 7) is 5.97. The van der Waals surface area contributed by atoms with Gasteiger partial charge in [0.25, 0.3) is 0 Å². The van der Waals surface area contributed by atoms with E-state index in [4.69, 9.17) is 16.3 Å². The fraction of sp³-hybridized carbons (Fsp3) is 0.625. The van der Waals surface area contributed by atoms with Crippen molar-refractivity contribution in [1.82, 2.24) is 9.80 Å². The summed E-state index contributed by atoms with van der Waals surface area (Å²) < 4.78 is 5.39. The van der Waals surface area contributed by atoms with Crippen LogP contribution in [0.25, 0.3) is 0 Å². The molecule has 2 saturated heterocycles. The molecule has 0 saturated carbocycles. The van der Waals surface area contributed by atoms with Gasteiger partial charge in [-0.2, -0.15) is 0 Å². The molecule has 116 valence electrons. The number of hydrogen-bond donors (Lipinski definition) is 1. The van der Waals surface area contributed by atoms with E-state index in [1.54, 1.807) is 0 Å². The second-order valence-corrected chi connectivity index (χ2v) is 6.31. The number of benzene rings is 1. The second kappa shape index (κ2) is 7.07. The summed E-state index contributed by atoms with van der Waals surface area (Å²) in [5.74, 6) is 0. The SMILES string of the molecule is O[C@@H]1CN(Cc2ccccc2Cl)CC[C@H]1N1CCOCC1. The Morgan fingerprint density at radius 3 is 2.67 bits per heavy atom. The maximum absolute atomic E-state index is 10.5. The summed E-state index contributed by atoms with van der Waals surface area (Å²) >= 11 is 6.22. The Hall–Kier alpha value is -0.650. The number of β-amino-alcohol motifs (C(OH)–C–C–N with tert-alkyl or cyclic N) is 1. The molecule has 5 heteroatoms. The lowest BCUT2D eigenvalue weighted by Gasteiger charge is -2.43. The monoisotopic (exact) mass is 310 g/mol. The molecule has 0 bridgehead atoms. The maximum Gasteiger partial charge on any atom is 0.0822 e. The van der Waals surface area contributed by atoms with Crippen LogP contribution in [0.3, 0.4) is 0 Å². The van der Waals surface area contributed by atoms with Gasteiger partial charge in [-0.15, -0.1) is 0 Å². The zero-order valence-electron chi connectivity index (χ0n) is 12.2. The molecule has 21 heavy (non-hydrogen) atoms. The molecule has 2 aliphatic rings. The molecule has 0 unspecified atom stereocenters. The summed E-state index contributed by atoms with van der Waals surface area (Å²) in [5.41, 5.74) is 1.14. The van der Waals surface area contributed by atoms with Crippen molar-refractivity contribution < 1.29 is 9.84 Å². The van der Waals surface area contributed by atoms with Crippen LogP contribution < -0.4 is 0 Å². The standard InChI is InChI=1S/C16H23ClN2O2/c17-14-4-2-1-3-13(14)11-18-6-5-15(16(20)12-18)19-7-9-21-10-8-19/h1-4,15-16,20H,5-12H2/t15-,16-/m1/s1. The Labute approximate surface area is 131 Å². The van der Waals surface area contributed by atoms with Crippen molar-refractivity contribution in [3.8, 4) is 0 Å². The van der Waals surface area contributed by atoms with Crippen molar-refractivity contribution >= 4 is 11.6 Å². The van der Waals surface area contributed by atoms with Crippen LogP contribution in [-0.2, 0) is 11.3 Å². The topological polar surface area (TPSA) is 35.9 Å². The molecule has 4 nitrogen and oxygen atoms in total. The number of piperidine rings is 1. The lowest BCUT2D eigenvalue weighted by atomic mass is 9.99. The number of aliphatic hydroxyl groups is 1. The summed E-state index contributed by atoms with van der Waals surface area (Å²) in [4.78, 5) is 4.67. The van der Waals surface area contributed by atoms with Crippen LogP contribution in [0.5, 0.6) is 0 Å². The van der Waals surface area contributed by atoms with Crippen molar-refractivity contribution in [2.45, 2.75) is 25.1 Å². The van der Waals surface area contributed by atoms with Crippen molar-refractivity contribution in [2.24, 2.45) is 0 Å². The molecule has 0 spiro atoms. The third-order valence-corrected chi connectivity index (χ3v) is 4.87. The van der Waals surface area contributed by atoms with Gasteiger partial charge in [0.15, 0.2) is 0 Å². The molecule has 1 aromatic carbocycles. The van der Waals surface area contributed by atoms with E-state index >= 15 is 0 Å². The van der Waals surface area contributed by atoms with Crippen LogP contribution >= 0.6 is 11.6 Å². The number of hydrogen-bond acceptors (Lipinski definition) is 4. The van der Waals surface area contributed by atoms with E-state index < -0.39 is 0 Å². The van der Waals surface area contributed by atoms with Crippen molar-refractivity contribution in [1.29, 1.82) is 0 Å². The number of halogens is 1. The maximum atomic E-state index is 10.5. The number of morpholine rings is 1. The molecule has 3 rings (SSSR count). The highest BCUT2D eigenvalue weighted by Gasteiger charge is 2.32. The zero-order valence-corrected chi connectivity index (χ0v) is 13.0. The second-order valence-electron chi connectivity index (χ2n) is 5.90. The Morgan fingerprint density at radius 2 is 1.95 bits per heavy atom. The van der Waals surface area contributed by atoms with Gasteiger partial charge in [-0.3, -0.25) is 9.80 Å². The molecule has 2 aliphatic heterocycles. The van der Waals surface area contributed by atoms with Gasteiger partial charge in [-0.05, 0) is 18.1 Å². The average Bonchev–Trinajstić information content (AvgIpc) is 2.51. The minimum absolute atomic E-state index is 0.274. The quantitative estimate of drug-likeness (QED) is 0.920. The Bertz CT molecular complexity index is 465. The molecule has 1 aromatic rings. The fourth-order valence-electron chi connectivity index (χ4n) is 3.33. The van der Waals surface area contributed by atoms with Gasteiger partial charge in [-0.25, -0.2) is 0 Å². The third-order valence-electron chi connectivity index (χ3n) is 4.50. The first-order chi connectivity index (χ1) is 10.2. The van der Waals surface area contributed by atoms with E-state index in [0.29, 0.717) is 6.54 Å². The molecule has 0 radical (unpaired) electrons. The van der Waals surface area contributed by atoms with Crippen LogP contribution in [0.1, 0.15) is 12.0 Å². The first kappa shape index (κ1) is 15.3. The van der Waals surface area contributed by atoms with Crippen LogP contribution in [0, 0.1) is 0 Å². The minimum atomic E-state index is -0.292. The number of ether oxygens (including phenoxy) is 1. The van der Waals surface area contributed by atoms with Gasteiger partial charge in [0.05, 0.1) is 19.3 Å². The normalized spacial score (nSPS) is 28.7. The first-order valence-electron chi connectivity index (χ1n) is 7.69. The Kier molecular flexibility index (Phi) is 5.14. The predicted molar refractivity (Wildman–Crippen MR) is 83.5 cm³/mol. The summed E-state index contributed by atoms with van der Waals surface area (Å²) in [6.07, 6.45) is 0.713. The van der Waals surface area contributed by atoms with Gasteiger partial charge in [0, 0.05) is 43.8 Å². The van der Waals surface area contributed by atoms with Gasteiger partial charge < -0.3 is 9.84 Å². The van der Waals surface area contributed by atoms with Crippen LogP contribution in [0.4, 0.5) is 0 Å². The molecule has 2 fully saturated rings. The van der Waals surface area contributed by atoms with Gasteiger partial charge in [-0.1, -0.05) is 29.8 Å². The summed E-state index contributed by atoms with van der Waals surface area (Å²) in [6, 6.07) is 8.22. The summed E-state index contributed by atoms with van der Waals surface area (Å²) in [5, 5.41) is 11.3. The lowest BCUT2D eigenvalue weighted by molar-refractivity contribution is -0.0534.